The molecule has 2 atom stereocenters. The number of halogens is 2. The highest BCUT2D eigenvalue weighted by Gasteiger charge is 2.63. The predicted octanol–water partition coefficient (Wildman–Crippen LogP) is 2.76. The Morgan fingerprint density at radius 2 is 2.45 bits per heavy atom. The molecule has 2 heterocycles. The molecule has 0 spiro atoms. The van der Waals surface area contributed by atoms with Crippen molar-refractivity contribution >= 4 is 51.2 Å². The fourth-order valence-electron chi connectivity index (χ4n) is 2.51. The number of fused-ring (bicyclic) bond motifs is 1. The number of allylic oxidation sites excluding steroid dienone is 1. The molecule has 0 saturated heterocycles. The van der Waals surface area contributed by atoms with Crippen LogP contribution in [0.15, 0.2) is 24.8 Å². The summed E-state index contributed by atoms with van der Waals surface area (Å²) in [6.45, 7) is 3.77. The SMILES string of the molecule is C=C[C@H]1C[C@]1(C(=O)OC)n1nc(I)c2ccc(Cl)nc21. The van der Waals surface area contributed by atoms with Crippen LogP contribution >= 0.6 is 34.2 Å². The van der Waals surface area contributed by atoms with Gasteiger partial charge in [-0.15, -0.1) is 6.58 Å². The van der Waals surface area contributed by atoms with Gasteiger partial charge >= 0.3 is 5.97 Å². The number of hydrogen-bond acceptors (Lipinski definition) is 4. The van der Waals surface area contributed by atoms with Gasteiger partial charge < -0.3 is 4.74 Å². The van der Waals surface area contributed by atoms with E-state index in [0.717, 1.165) is 9.09 Å². The van der Waals surface area contributed by atoms with E-state index in [0.29, 0.717) is 17.2 Å². The summed E-state index contributed by atoms with van der Waals surface area (Å²) >= 11 is 8.08. The number of aromatic nitrogens is 3. The average molecular weight is 404 g/mol. The summed E-state index contributed by atoms with van der Waals surface area (Å²) in [5.41, 5.74) is -0.243. The molecule has 1 saturated carbocycles. The maximum Gasteiger partial charge on any atom is 0.334 e. The molecule has 2 aromatic rings. The minimum Gasteiger partial charge on any atom is -0.467 e. The molecule has 0 bridgehead atoms. The number of carbonyl (C=O) groups is 1. The number of esters is 1. The summed E-state index contributed by atoms with van der Waals surface area (Å²) in [5, 5.41) is 5.70. The Labute approximate surface area is 134 Å². The minimum absolute atomic E-state index is 0.00497. The first-order valence-electron chi connectivity index (χ1n) is 5.97. The van der Waals surface area contributed by atoms with Gasteiger partial charge in [0.05, 0.1) is 12.5 Å². The lowest BCUT2D eigenvalue weighted by atomic mass is 10.2. The van der Waals surface area contributed by atoms with E-state index in [1.807, 2.05) is 6.07 Å². The summed E-state index contributed by atoms with van der Waals surface area (Å²) in [6.07, 6.45) is 2.37. The Morgan fingerprint density at radius 3 is 3.05 bits per heavy atom. The molecule has 1 fully saturated rings. The zero-order valence-corrected chi connectivity index (χ0v) is 13.6. The van der Waals surface area contributed by atoms with Gasteiger partial charge in [-0.3, -0.25) is 0 Å². The molecule has 0 N–H and O–H groups in total. The number of pyridine rings is 1. The smallest absolute Gasteiger partial charge is 0.334 e. The average Bonchev–Trinajstić information content (AvgIpc) is 3.10. The fourth-order valence-corrected chi connectivity index (χ4v) is 3.29. The summed E-state index contributed by atoms with van der Waals surface area (Å²) in [4.78, 5) is 16.5. The maximum atomic E-state index is 12.2. The molecule has 1 aliphatic rings. The van der Waals surface area contributed by atoms with Crippen LogP contribution in [0.5, 0.6) is 0 Å². The monoisotopic (exact) mass is 403 g/mol. The van der Waals surface area contributed by atoms with Gasteiger partial charge in [-0.05, 0) is 41.1 Å². The van der Waals surface area contributed by atoms with E-state index in [4.69, 9.17) is 16.3 Å². The van der Waals surface area contributed by atoms with Crippen molar-refractivity contribution in [3.63, 3.8) is 0 Å². The second-order valence-corrected chi connectivity index (χ2v) is 6.08. The number of nitrogens with zero attached hydrogens (tertiary/aromatic N) is 3. The summed E-state index contributed by atoms with van der Waals surface area (Å²) < 4.78 is 7.35. The van der Waals surface area contributed by atoms with Gasteiger partial charge in [-0.1, -0.05) is 17.7 Å². The van der Waals surface area contributed by atoms with Gasteiger partial charge in [0.2, 0.25) is 0 Å². The van der Waals surface area contributed by atoms with Crippen LogP contribution in [0, 0.1) is 9.62 Å². The normalized spacial score (nSPS) is 24.6. The zero-order valence-electron chi connectivity index (χ0n) is 10.6. The number of methoxy groups -OCH3 is 1. The van der Waals surface area contributed by atoms with Crippen LogP contribution in [-0.2, 0) is 15.1 Å². The van der Waals surface area contributed by atoms with Gasteiger partial charge in [0.25, 0.3) is 0 Å². The zero-order chi connectivity index (χ0) is 14.5. The standard InChI is InChI=1S/C13H11ClIN3O2/c1-3-7-6-13(7,12(19)20-2)18-11-8(10(15)17-18)4-5-9(14)16-11/h3-5,7H,1,6H2,2H3/t7-,13-/m0/s1. The van der Waals surface area contributed by atoms with Gasteiger partial charge in [-0.25, -0.2) is 14.5 Å². The van der Waals surface area contributed by atoms with Crippen molar-refractivity contribution < 1.29 is 9.53 Å². The topological polar surface area (TPSA) is 57.0 Å². The predicted molar refractivity (Wildman–Crippen MR) is 83.5 cm³/mol. The first kappa shape index (κ1) is 13.8. The van der Waals surface area contributed by atoms with Gasteiger partial charge in [0, 0.05) is 5.92 Å². The third-order valence-electron chi connectivity index (χ3n) is 3.64. The molecule has 3 rings (SSSR count). The van der Waals surface area contributed by atoms with Crippen molar-refractivity contribution in [3.8, 4) is 0 Å². The molecule has 2 aromatic heterocycles. The van der Waals surface area contributed by atoms with Crippen molar-refractivity contribution in [1.82, 2.24) is 14.8 Å². The molecule has 0 radical (unpaired) electrons. The van der Waals surface area contributed by atoms with Crippen LogP contribution in [-0.4, -0.2) is 27.8 Å². The molecular weight excluding hydrogens is 393 g/mol. The summed E-state index contributed by atoms with van der Waals surface area (Å²) in [5.74, 6) is -0.334. The first-order chi connectivity index (χ1) is 9.54. The highest BCUT2D eigenvalue weighted by molar-refractivity contribution is 14.1. The lowest BCUT2D eigenvalue weighted by Crippen LogP contribution is -2.32. The van der Waals surface area contributed by atoms with E-state index in [1.54, 1.807) is 16.8 Å². The van der Waals surface area contributed by atoms with Gasteiger partial charge in [-0.2, -0.15) is 5.10 Å². The second-order valence-electron chi connectivity index (χ2n) is 4.67. The molecule has 104 valence electrons. The molecule has 0 amide bonds. The number of rotatable bonds is 3. The quantitative estimate of drug-likeness (QED) is 0.342. The van der Waals surface area contributed by atoms with E-state index in [9.17, 15) is 4.79 Å². The Hall–Kier alpha value is -1.15. The second kappa shape index (κ2) is 4.70. The molecule has 0 unspecified atom stereocenters. The van der Waals surface area contributed by atoms with Crippen molar-refractivity contribution in [1.29, 1.82) is 0 Å². The lowest BCUT2D eigenvalue weighted by molar-refractivity contribution is -0.146. The van der Waals surface area contributed by atoms with Crippen LogP contribution in [0.2, 0.25) is 5.15 Å². The van der Waals surface area contributed by atoms with Crippen LogP contribution < -0.4 is 0 Å². The molecule has 0 aliphatic heterocycles. The van der Waals surface area contributed by atoms with Crippen LogP contribution in [0.25, 0.3) is 11.0 Å². The van der Waals surface area contributed by atoms with E-state index in [1.165, 1.54) is 7.11 Å². The van der Waals surface area contributed by atoms with Crippen LogP contribution in [0.1, 0.15) is 6.42 Å². The lowest BCUT2D eigenvalue weighted by Gasteiger charge is -2.15. The Balaban J connectivity index is 2.26. The van der Waals surface area contributed by atoms with Gasteiger partial charge in [0.15, 0.2) is 11.2 Å². The molecule has 20 heavy (non-hydrogen) atoms. The van der Waals surface area contributed by atoms with Crippen molar-refractivity contribution in [2.75, 3.05) is 7.11 Å². The molecule has 5 nitrogen and oxygen atoms in total. The van der Waals surface area contributed by atoms with Crippen LogP contribution in [0.3, 0.4) is 0 Å². The molecule has 1 aliphatic carbocycles. The molecular formula is C13H11ClIN3O2. The summed E-state index contributed by atoms with van der Waals surface area (Å²) in [6, 6.07) is 3.56. The minimum atomic E-state index is -0.837. The number of ether oxygens (including phenoxy) is 1. The third kappa shape index (κ3) is 1.77. The van der Waals surface area contributed by atoms with E-state index in [2.05, 4.69) is 39.3 Å². The van der Waals surface area contributed by atoms with Crippen molar-refractivity contribution in [2.24, 2.45) is 5.92 Å². The van der Waals surface area contributed by atoms with E-state index < -0.39 is 5.54 Å². The number of hydrogen-bond donors (Lipinski definition) is 0. The highest BCUT2D eigenvalue weighted by Crippen LogP contribution is 2.52. The van der Waals surface area contributed by atoms with E-state index in [-0.39, 0.29) is 11.9 Å². The Bertz CT molecular complexity index is 730. The van der Waals surface area contributed by atoms with E-state index >= 15 is 0 Å². The maximum absolute atomic E-state index is 12.2. The highest BCUT2D eigenvalue weighted by atomic mass is 127. The largest absolute Gasteiger partial charge is 0.467 e. The molecule has 7 heteroatoms. The van der Waals surface area contributed by atoms with Crippen molar-refractivity contribution in [2.45, 2.75) is 12.0 Å². The first-order valence-corrected chi connectivity index (χ1v) is 7.42. The molecule has 0 aromatic carbocycles. The fraction of sp³-hybridized carbons (Fsp3) is 0.308. The van der Waals surface area contributed by atoms with Gasteiger partial charge in [0.1, 0.15) is 8.85 Å². The van der Waals surface area contributed by atoms with Crippen molar-refractivity contribution in [3.05, 3.63) is 33.6 Å². The Morgan fingerprint density at radius 1 is 1.70 bits per heavy atom. The Kier molecular flexibility index (Phi) is 3.24. The summed E-state index contributed by atoms with van der Waals surface area (Å²) in [7, 11) is 1.37. The number of carbonyl (C=O) groups excluding carboxylic acids is 1. The van der Waals surface area contributed by atoms with Crippen LogP contribution in [0.4, 0.5) is 0 Å². The third-order valence-corrected chi connectivity index (χ3v) is 4.64.